The third-order valence-corrected chi connectivity index (χ3v) is 4.17. The van der Waals surface area contributed by atoms with Crippen LogP contribution in [0.25, 0.3) is 10.9 Å². The first-order chi connectivity index (χ1) is 11.2. The Kier molecular flexibility index (Phi) is 6.20. The van der Waals surface area contributed by atoms with Crippen molar-refractivity contribution in [1.29, 1.82) is 0 Å². The zero-order valence-corrected chi connectivity index (χ0v) is 13.8. The van der Waals surface area contributed by atoms with Crippen molar-refractivity contribution >= 4 is 22.7 Å². The van der Waals surface area contributed by atoms with Crippen LogP contribution in [0.1, 0.15) is 32.3 Å². The predicted molar refractivity (Wildman–Crippen MR) is 92.1 cm³/mol. The van der Waals surface area contributed by atoms with E-state index in [9.17, 15) is 9.59 Å². The fourth-order valence-electron chi connectivity index (χ4n) is 2.71. The van der Waals surface area contributed by atoms with E-state index in [4.69, 9.17) is 0 Å². The molecule has 2 rings (SSSR count). The van der Waals surface area contributed by atoms with Crippen molar-refractivity contribution in [1.82, 2.24) is 15.6 Å². The Morgan fingerprint density at radius 1 is 1.13 bits per heavy atom. The molecule has 0 fully saturated rings. The number of aromatic amines is 1. The largest absolute Gasteiger partial charge is 0.361 e. The molecule has 2 aromatic rings. The van der Waals surface area contributed by atoms with E-state index >= 15 is 0 Å². The Balaban J connectivity index is 1.74. The van der Waals surface area contributed by atoms with E-state index in [1.165, 1.54) is 10.9 Å². The van der Waals surface area contributed by atoms with E-state index in [1.807, 2.05) is 38.2 Å². The molecule has 23 heavy (non-hydrogen) atoms. The molecule has 0 atom stereocenters. The van der Waals surface area contributed by atoms with Crippen LogP contribution in [-0.4, -0.2) is 29.9 Å². The molecule has 124 valence electrons. The van der Waals surface area contributed by atoms with Crippen molar-refractivity contribution in [3.63, 3.8) is 0 Å². The van der Waals surface area contributed by atoms with Crippen LogP contribution in [0.3, 0.4) is 0 Å². The lowest BCUT2D eigenvalue weighted by atomic mass is 10.0. The first-order valence-corrected chi connectivity index (χ1v) is 8.25. The first-order valence-electron chi connectivity index (χ1n) is 8.25. The van der Waals surface area contributed by atoms with Crippen molar-refractivity contribution in [3.05, 3.63) is 36.0 Å². The number of hydrogen-bond acceptors (Lipinski definition) is 2. The molecule has 1 aromatic heterocycles. The van der Waals surface area contributed by atoms with E-state index in [1.54, 1.807) is 0 Å². The van der Waals surface area contributed by atoms with Gasteiger partial charge in [0.05, 0.1) is 6.54 Å². The molecule has 5 heteroatoms. The average molecular weight is 315 g/mol. The van der Waals surface area contributed by atoms with Crippen LogP contribution >= 0.6 is 0 Å². The number of H-pyrrole nitrogens is 1. The second-order valence-corrected chi connectivity index (χ2v) is 5.69. The van der Waals surface area contributed by atoms with Gasteiger partial charge in [-0.2, -0.15) is 0 Å². The molecule has 0 aliphatic carbocycles. The number of carbonyl (C=O) groups is 2. The van der Waals surface area contributed by atoms with Gasteiger partial charge in [0.25, 0.3) is 0 Å². The standard InChI is InChI=1S/C18H25N3O2/c1-3-13(4-2)18(23)21-12-17(22)19-10-9-14-11-20-16-8-6-5-7-15(14)16/h5-8,11,13,20H,3-4,9-10,12H2,1-2H3,(H,19,22)(H,21,23). The number of aromatic nitrogens is 1. The number of rotatable bonds is 8. The summed E-state index contributed by atoms with van der Waals surface area (Å²) < 4.78 is 0. The molecule has 0 radical (unpaired) electrons. The molecule has 0 saturated carbocycles. The minimum absolute atomic E-state index is 0.00554. The molecule has 0 spiro atoms. The van der Waals surface area contributed by atoms with Crippen LogP contribution in [0, 0.1) is 5.92 Å². The molecule has 0 aliphatic heterocycles. The summed E-state index contributed by atoms with van der Waals surface area (Å²) in [5, 5.41) is 6.73. The molecule has 1 aromatic carbocycles. The fraction of sp³-hybridized carbons (Fsp3) is 0.444. The predicted octanol–water partition coefficient (Wildman–Crippen LogP) is 2.38. The number of carbonyl (C=O) groups excluding carboxylic acids is 2. The lowest BCUT2D eigenvalue weighted by Gasteiger charge is -2.12. The molecule has 0 saturated heterocycles. The normalized spacial score (nSPS) is 10.9. The number of benzene rings is 1. The van der Waals surface area contributed by atoms with Gasteiger partial charge < -0.3 is 15.6 Å². The number of amides is 2. The van der Waals surface area contributed by atoms with E-state index in [-0.39, 0.29) is 24.3 Å². The van der Waals surface area contributed by atoms with Crippen molar-refractivity contribution in [2.45, 2.75) is 33.1 Å². The fourth-order valence-corrected chi connectivity index (χ4v) is 2.71. The minimum Gasteiger partial charge on any atom is -0.361 e. The topological polar surface area (TPSA) is 74.0 Å². The summed E-state index contributed by atoms with van der Waals surface area (Å²) in [5.41, 5.74) is 2.29. The molecular formula is C18H25N3O2. The molecule has 0 aliphatic rings. The van der Waals surface area contributed by atoms with Gasteiger partial charge in [-0.3, -0.25) is 9.59 Å². The zero-order chi connectivity index (χ0) is 16.7. The maximum Gasteiger partial charge on any atom is 0.239 e. The summed E-state index contributed by atoms with van der Waals surface area (Å²) in [6.45, 7) is 4.56. The highest BCUT2D eigenvalue weighted by molar-refractivity contribution is 5.86. The lowest BCUT2D eigenvalue weighted by molar-refractivity contribution is -0.128. The van der Waals surface area contributed by atoms with Crippen LogP contribution < -0.4 is 10.6 Å². The van der Waals surface area contributed by atoms with Gasteiger partial charge >= 0.3 is 0 Å². The molecule has 1 heterocycles. The van der Waals surface area contributed by atoms with Gasteiger partial charge in [0.15, 0.2) is 0 Å². The molecule has 0 unspecified atom stereocenters. The molecular weight excluding hydrogens is 290 g/mol. The smallest absolute Gasteiger partial charge is 0.239 e. The van der Waals surface area contributed by atoms with E-state index in [0.717, 1.165) is 24.8 Å². The second kappa shape index (κ2) is 8.36. The highest BCUT2D eigenvalue weighted by atomic mass is 16.2. The van der Waals surface area contributed by atoms with Crippen molar-refractivity contribution in [2.75, 3.05) is 13.1 Å². The third kappa shape index (κ3) is 4.58. The van der Waals surface area contributed by atoms with Crippen LogP contribution in [0.4, 0.5) is 0 Å². The van der Waals surface area contributed by atoms with Crippen molar-refractivity contribution in [3.8, 4) is 0 Å². The summed E-state index contributed by atoms with van der Waals surface area (Å²) in [6, 6.07) is 8.10. The highest BCUT2D eigenvalue weighted by Gasteiger charge is 2.14. The number of nitrogens with one attached hydrogen (secondary N) is 3. The van der Waals surface area contributed by atoms with Gasteiger partial charge in [-0.1, -0.05) is 32.0 Å². The van der Waals surface area contributed by atoms with Gasteiger partial charge in [-0.15, -0.1) is 0 Å². The van der Waals surface area contributed by atoms with Crippen LogP contribution in [0.5, 0.6) is 0 Å². The third-order valence-electron chi connectivity index (χ3n) is 4.17. The van der Waals surface area contributed by atoms with E-state index in [0.29, 0.717) is 6.54 Å². The molecule has 2 amide bonds. The number of fused-ring (bicyclic) bond motifs is 1. The van der Waals surface area contributed by atoms with E-state index < -0.39 is 0 Å². The van der Waals surface area contributed by atoms with Crippen molar-refractivity contribution in [2.24, 2.45) is 5.92 Å². The minimum atomic E-state index is -0.149. The Morgan fingerprint density at radius 3 is 2.61 bits per heavy atom. The lowest BCUT2D eigenvalue weighted by Crippen LogP contribution is -2.40. The van der Waals surface area contributed by atoms with E-state index in [2.05, 4.69) is 21.7 Å². The number of para-hydroxylation sites is 1. The molecule has 0 bridgehead atoms. The molecule has 3 N–H and O–H groups in total. The second-order valence-electron chi connectivity index (χ2n) is 5.69. The summed E-state index contributed by atoms with van der Waals surface area (Å²) in [7, 11) is 0. The summed E-state index contributed by atoms with van der Waals surface area (Å²) >= 11 is 0. The molecule has 5 nitrogen and oxygen atoms in total. The first kappa shape index (κ1) is 17.1. The monoisotopic (exact) mass is 315 g/mol. The highest BCUT2D eigenvalue weighted by Crippen LogP contribution is 2.17. The Morgan fingerprint density at radius 2 is 1.87 bits per heavy atom. The summed E-state index contributed by atoms with van der Waals surface area (Å²) in [6.07, 6.45) is 4.33. The Labute approximate surface area is 136 Å². The quantitative estimate of drug-likeness (QED) is 0.700. The maximum atomic E-state index is 11.8. The van der Waals surface area contributed by atoms with Crippen LogP contribution in [0.15, 0.2) is 30.5 Å². The SMILES string of the molecule is CCC(CC)C(=O)NCC(=O)NCCc1c[nH]c2ccccc12. The van der Waals surface area contributed by atoms with Gasteiger partial charge in [0.2, 0.25) is 11.8 Å². The summed E-state index contributed by atoms with van der Waals surface area (Å²) in [4.78, 5) is 26.8. The van der Waals surface area contributed by atoms with Gasteiger partial charge in [0, 0.05) is 29.6 Å². The average Bonchev–Trinajstić information content (AvgIpc) is 2.97. The van der Waals surface area contributed by atoms with Gasteiger partial charge in [-0.05, 0) is 30.9 Å². The van der Waals surface area contributed by atoms with Gasteiger partial charge in [0.1, 0.15) is 0 Å². The maximum absolute atomic E-state index is 11.8. The Hall–Kier alpha value is -2.30. The number of hydrogen-bond donors (Lipinski definition) is 3. The summed E-state index contributed by atoms with van der Waals surface area (Å²) in [5.74, 6) is -0.194. The zero-order valence-electron chi connectivity index (χ0n) is 13.8. The Bertz CT molecular complexity index is 659. The van der Waals surface area contributed by atoms with Gasteiger partial charge in [-0.25, -0.2) is 0 Å². The van der Waals surface area contributed by atoms with Crippen LogP contribution in [0.2, 0.25) is 0 Å². The van der Waals surface area contributed by atoms with Crippen molar-refractivity contribution < 1.29 is 9.59 Å². The van der Waals surface area contributed by atoms with Crippen LogP contribution in [-0.2, 0) is 16.0 Å².